The van der Waals surface area contributed by atoms with Crippen molar-refractivity contribution in [2.75, 3.05) is 27.9 Å². The number of fused-ring (bicyclic) bond motifs is 3. The Morgan fingerprint density at radius 2 is 1.67 bits per heavy atom. The summed E-state index contributed by atoms with van der Waals surface area (Å²) in [7, 11) is 4.75. The number of carbonyl (C=O) groups is 4. The number of aliphatic hydroxyl groups is 2. The highest BCUT2D eigenvalue weighted by Crippen LogP contribution is 2.40. The molecule has 1 aromatic carbocycles. The number of aliphatic hydroxyl groups excluding tert-OH is 1. The van der Waals surface area contributed by atoms with Gasteiger partial charge in [0.2, 0.25) is 5.79 Å². The molecule has 1 aromatic heterocycles. The number of Topliss-reactive ketones (excluding diaryl/α,β-unsaturated/α-hetero) is 2. The normalized spacial score (nSPS) is 35.6. The van der Waals surface area contributed by atoms with E-state index in [1.165, 1.54) is 24.7 Å². The second-order valence-electron chi connectivity index (χ2n) is 20.7. The minimum Gasteiger partial charge on any atom is -0.456 e. The van der Waals surface area contributed by atoms with Gasteiger partial charge in [0, 0.05) is 52.0 Å². The zero-order valence-electron chi connectivity index (χ0n) is 43.3. The van der Waals surface area contributed by atoms with Gasteiger partial charge >= 0.3 is 5.97 Å². The van der Waals surface area contributed by atoms with Crippen LogP contribution in [0.15, 0.2) is 53.8 Å². The van der Waals surface area contributed by atoms with E-state index in [2.05, 4.69) is 48.1 Å². The SMILES string of the molecule is CCc1cccc(-c2cnc(CO[C@@H]3CC[C@@H](/C=C(\C)[C@H]4OC(=O)[C@@H]5CCCCN5C(=O)C(=O)[C@]5(O)O[C@H]([C@@H](OC)C[C@@H](C)C/C(C)=C/[C@@H](CC)C(=O)C[C@H](O)[C@H]4C)[C@@H](OC)C[C@H]5C)C[C@H]3OC)[nH]2)c1. The maximum absolute atomic E-state index is 14.6. The van der Waals surface area contributed by atoms with E-state index < -0.39 is 77.8 Å². The maximum Gasteiger partial charge on any atom is 0.329 e. The van der Waals surface area contributed by atoms with Crippen molar-refractivity contribution < 1.29 is 57.8 Å². The third-order valence-corrected chi connectivity index (χ3v) is 15.6. The number of nitrogens with zero attached hydrogens (tertiary/aromatic N) is 2. The van der Waals surface area contributed by atoms with Crippen LogP contribution in [0.25, 0.3) is 11.3 Å². The zero-order chi connectivity index (χ0) is 50.9. The maximum atomic E-state index is 14.6. The molecule has 6 rings (SSSR count). The molecule has 1 amide bonds. The molecule has 1 saturated carbocycles. The van der Waals surface area contributed by atoms with Gasteiger partial charge in [-0.25, -0.2) is 9.78 Å². The first-order valence-electron chi connectivity index (χ1n) is 25.8. The Morgan fingerprint density at radius 3 is 2.37 bits per heavy atom. The molecule has 15 nitrogen and oxygen atoms in total. The number of rotatable bonds is 11. The van der Waals surface area contributed by atoms with Crippen LogP contribution in [0.4, 0.5) is 0 Å². The number of aryl methyl sites for hydroxylation is 1. The molecule has 2 saturated heterocycles. The first-order chi connectivity index (χ1) is 33.4. The summed E-state index contributed by atoms with van der Waals surface area (Å²) in [5.41, 5.74) is 4.93. The zero-order valence-corrected chi connectivity index (χ0v) is 43.3. The number of esters is 1. The number of cyclic esters (lactones) is 1. The number of nitrogens with one attached hydrogen (secondary N) is 1. The Hall–Kier alpha value is -4.09. The number of carbonyl (C=O) groups excluding carboxylic acids is 4. The molecule has 0 unspecified atom stereocenters. The number of H-pyrrole nitrogens is 1. The Balaban J connectivity index is 1.25. The molecule has 70 heavy (non-hydrogen) atoms. The van der Waals surface area contributed by atoms with E-state index in [4.69, 9.17) is 28.4 Å². The molecule has 14 atom stereocenters. The summed E-state index contributed by atoms with van der Waals surface area (Å²) in [4.78, 5) is 66.6. The Bertz CT molecular complexity index is 2150. The Kier molecular flexibility index (Phi) is 19.8. The van der Waals surface area contributed by atoms with Gasteiger partial charge < -0.3 is 48.5 Å². The number of methoxy groups -OCH3 is 3. The van der Waals surface area contributed by atoms with E-state index in [0.717, 1.165) is 35.5 Å². The lowest BCUT2D eigenvalue weighted by Crippen LogP contribution is -2.64. The molecule has 4 aliphatic rings. The molecule has 2 bridgehead atoms. The summed E-state index contributed by atoms with van der Waals surface area (Å²) in [6, 6.07) is 7.23. The number of imidazole rings is 1. The molecule has 0 radical (unpaired) electrons. The largest absolute Gasteiger partial charge is 0.456 e. The van der Waals surface area contributed by atoms with Crippen molar-refractivity contribution in [1.29, 1.82) is 0 Å². The fourth-order valence-corrected chi connectivity index (χ4v) is 11.3. The van der Waals surface area contributed by atoms with Crippen LogP contribution in [0.3, 0.4) is 0 Å². The number of hydrogen-bond donors (Lipinski definition) is 3. The average Bonchev–Trinajstić information content (AvgIpc) is 3.84. The third kappa shape index (κ3) is 13.1. The van der Waals surface area contributed by atoms with Crippen LogP contribution in [0.1, 0.15) is 130 Å². The monoisotopic (exact) mass is 976 g/mol. The van der Waals surface area contributed by atoms with Crippen LogP contribution in [-0.4, -0.2) is 131 Å². The topological polar surface area (TPSA) is 196 Å². The molecule has 3 N–H and O–H groups in total. The molecule has 15 heteroatoms. The molecule has 1 aliphatic carbocycles. The highest BCUT2D eigenvalue weighted by atomic mass is 16.7. The number of amides is 1. The van der Waals surface area contributed by atoms with E-state index in [1.807, 2.05) is 39.1 Å². The van der Waals surface area contributed by atoms with Crippen molar-refractivity contribution in [2.24, 2.45) is 29.6 Å². The number of hydrogen-bond acceptors (Lipinski definition) is 13. The first-order valence-corrected chi connectivity index (χ1v) is 25.8. The summed E-state index contributed by atoms with van der Waals surface area (Å²) >= 11 is 0. The predicted molar refractivity (Wildman–Crippen MR) is 264 cm³/mol. The highest BCUT2D eigenvalue weighted by molar-refractivity contribution is 6.39. The lowest BCUT2D eigenvalue weighted by Gasteiger charge is -2.47. The fraction of sp³-hybridized carbons (Fsp3) is 0.691. The van der Waals surface area contributed by atoms with Gasteiger partial charge in [-0.05, 0) is 119 Å². The minimum absolute atomic E-state index is 0.00324. The summed E-state index contributed by atoms with van der Waals surface area (Å²) < 4.78 is 36.9. The van der Waals surface area contributed by atoms with Crippen LogP contribution in [-0.2, 0) is 60.6 Å². The molecule has 0 spiro atoms. The summed E-state index contributed by atoms with van der Waals surface area (Å²) in [5.74, 6) is -6.82. The fourth-order valence-electron chi connectivity index (χ4n) is 11.3. The van der Waals surface area contributed by atoms with Crippen molar-refractivity contribution >= 4 is 23.4 Å². The summed E-state index contributed by atoms with van der Waals surface area (Å²) in [6.07, 6.45) is 7.28. The Morgan fingerprint density at radius 1 is 0.943 bits per heavy atom. The highest BCUT2D eigenvalue weighted by Gasteiger charge is 2.56. The summed E-state index contributed by atoms with van der Waals surface area (Å²) in [5, 5.41) is 24.1. The van der Waals surface area contributed by atoms with Crippen LogP contribution >= 0.6 is 0 Å². The van der Waals surface area contributed by atoms with Crippen molar-refractivity contribution in [3.8, 4) is 11.3 Å². The second kappa shape index (κ2) is 25.0. The first kappa shape index (κ1) is 55.2. The van der Waals surface area contributed by atoms with Crippen LogP contribution in [0, 0.1) is 29.6 Å². The molecular formula is C55H81N3O12. The lowest BCUT2D eigenvalue weighted by atomic mass is 9.81. The van der Waals surface area contributed by atoms with Gasteiger partial charge in [-0.2, -0.15) is 0 Å². The quantitative estimate of drug-likeness (QED) is 0.113. The van der Waals surface area contributed by atoms with Crippen molar-refractivity contribution in [1.82, 2.24) is 14.9 Å². The van der Waals surface area contributed by atoms with E-state index >= 15 is 0 Å². The molecule has 3 fully saturated rings. The molecule has 388 valence electrons. The Labute approximate surface area is 415 Å². The lowest BCUT2D eigenvalue weighted by molar-refractivity contribution is -0.302. The van der Waals surface area contributed by atoms with E-state index in [0.29, 0.717) is 50.5 Å². The smallest absolute Gasteiger partial charge is 0.329 e. The molecule has 2 aromatic rings. The third-order valence-electron chi connectivity index (χ3n) is 15.6. The number of aromatic amines is 1. The molecule has 3 aliphatic heterocycles. The van der Waals surface area contributed by atoms with E-state index in [1.54, 1.807) is 21.0 Å². The van der Waals surface area contributed by atoms with Gasteiger partial charge in [0.1, 0.15) is 36.5 Å². The minimum atomic E-state index is -2.51. The number of aromatic nitrogens is 2. The van der Waals surface area contributed by atoms with Crippen LogP contribution in [0.2, 0.25) is 0 Å². The van der Waals surface area contributed by atoms with Gasteiger partial charge in [-0.15, -0.1) is 0 Å². The van der Waals surface area contributed by atoms with E-state index in [9.17, 15) is 29.4 Å². The van der Waals surface area contributed by atoms with E-state index in [-0.39, 0.29) is 62.2 Å². The van der Waals surface area contributed by atoms with Gasteiger partial charge in [0.25, 0.3) is 11.7 Å². The standard InChI is InChI=1S/C55H81N3O12/c1-11-37-16-15-17-40(27-37)41-30-56-49(57-41)31-68-45-20-19-38(28-46(45)65-8)25-34(5)50-36(7)43(59)29-44(60)39(12-2)23-32(3)22-33(4)24-47(66-9)51-48(67-10)26-35(6)55(64,70-51)52(61)53(62)58-21-14-13-18-42(58)54(63)69-50/h15-17,23,25,27,30,33,35-36,38-39,42-43,45-48,50-51,59,64H,11-14,18-22,24,26,28-29,31H2,1-10H3,(H,56,57)/b32-23+,34-25+/t33-,35+,36+,38-,39+,42-,43-,45+,46+,47-,48-,50+,51+,55+/m0/s1. The van der Waals surface area contributed by atoms with Gasteiger partial charge in [0.05, 0.1) is 42.4 Å². The molecule has 4 heterocycles. The number of piperidine rings is 1. The van der Waals surface area contributed by atoms with Crippen LogP contribution < -0.4 is 0 Å². The van der Waals surface area contributed by atoms with Crippen molar-refractivity contribution in [3.63, 3.8) is 0 Å². The predicted octanol–water partition coefficient (Wildman–Crippen LogP) is 7.65. The number of ketones is 2. The molecular weight excluding hydrogens is 895 g/mol. The van der Waals surface area contributed by atoms with Gasteiger partial charge in [-0.3, -0.25) is 14.4 Å². The summed E-state index contributed by atoms with van der Waals surface area (Å²) in [6.45, 7) is 13.8. The van der Waals surface area contributed by atoms with Gasteiger partial charge in [0.15, 0.2) is 0 Å². The van der Waals surface area contributed by atoms with Crippen LogP contribution in [0.5, 0.6) is 0 Å². The second-order valence-corrected chi connectivity index (χ2v) is 20.7. The average molecular weight is 976 g/mol. The number of allylic oxidation sites excluding steroid dienone is 3. The van der Waals surface area contributed by atoms with Gasteiger partial charge in [-0.1, -0.05) is 70.5 Å². The van der Waals surface area contributed by atoms with Crippen molar-refractivity contribution in [3.05, 3.63) is 65.1 Å². The van der Waals surface area contributed by atoms with Crippen molar-refractivity contribution in [2.45, 2.75) is 187 Å². The number of ether oxygens (including phenoxy) is 6. The number of benzene rings is 1.